The second-order valence-corrected chi connectivity index (χ2v) is 8.58. The number of carbonyl (C=O) groups excluding carboxylic acids is 1. The Hall–Kier alpha value is -2.22. The number of para-hydroxylation sites is 1. The summed E-state index contributed by atoms with van der Waals surface area (Å²) in [6, 6.07) is 10.7. The predicted octanol–water partition coefficient (Wildman–Crippen LogP) is 3.58. The van der Waals surface area contributed by atoms with Gasteiger partial charge in [0.05, 0.1) is 12.3 Å². The predicted molar refractivity (Wildman–Crippen MR) is 118 cm³/mol. The molecular formula is C22H28N4O2S. The van der Waals surface area contributed by atoms with Gasteiger partial charge >= 0.3 is 0 Å². The number of nitrogens with zero attached hydrogens (tertiary/aromatic N) is 4. The van der Waals surface area contributed by atoms with Gasteiger partial charge in [-0.05, 0) is 45.1 Å². The molecule has 29 heavy (non-hydrogen) atoms. The SMILES string of the molecule is COCCn1c(-c2nc(C(=O)N(C)C3CCN(C)CC3)cs2)cc2ccccc21. The van der Waals surface area contributed by atoms with Gasteiger partial charge in [-0.3, -0.25) is 4.79 Å². The first-order valence-corrected chi connectivity index (χ1v) is 10.9. The summed E-state index contributed by atoms with van der Waals surface area (Å²) in [4.78, 5) is 22.0. The molecule has 3 heterocycles. The van der Waals surface area contributed by atoms with E-state index < -0.39 is 0 Å². The molecule has 7 heteroatoms. The van der Waals surface area contributed by atoms with Crippen molar-refractivity contribution in [1.29, 1.82) is 0 Å². The second kappa shape index (κ2) is 8.65. The average molecular weight is 413 g/mol. The highest BCUT2D eigenvalue weighted by atomic mass is 32.1. The first-order chi connectivity index (χ1) is 14.1. The molecule has 0 radical (unpaired) electrons. The lowest BCUT2D eigenvalue weighted by molar-refractivity contribution is 0.0654. The molecule has 1 amide bonds. The maximum atomic E-state index is 13.0. The molecule has 1 aliphatic rings. The topological polar surface area (TPSA) is 50.6 Å². The number of fused-ring (bicyclic) bond motifs is 1. The lowest BCUT2D eigenvalue weighted by atomic mass is 10.0. The van der Waals surface area contributed by atoms with Gasteiger partial charge in [0.1, 0.15) is 10.7 Å². The van der Waals surface area contributed by atoms with E-state index in [-0.39, 0.29) is 11.9 Å². The van der Waals surface area contributed by atoms with Crippen LogP contribution in [0.1, 0.15) is 23.3 Å². The molecule has 0 spiro atoms. The Morgan fingerprint density at radius 1 is 1.31 bits per heavy atom. The van der Waals surface area contributed by atoms with Gasteiger partial charge in [-0.1, -0.05) is 18.2 Å². The molecular weight excluding hydrogens is 384 g/mol. The molecule has 0 atom stereocenters. The van der Waals surface area contributed by atoms with Crippen LogP contribution in [-0.4, -0.2) is 72.2 Å². The van der Waals surface area contributed by atoms with Crippen LogP contribution in [0, 0.1) is 0 Å². The Morgan fingerprint density at radius 2 is 2.07 bits per heavy atom. The molecule has 0 aliphatic carbocycles. The molecule has 0 saturated carbocycles. The highest BCUT2D eigenvalue weighted by molar-refractivity contribution is 7.13. The number of methoxy groups -OCH3 is 1. The van der Waals surface area contributed by atoms with Crippen LogP contribution in [0.4, 0.5) is 0 Å². The van der Waals surface area contributed by atoms with Crippen molar-refractivity contribution < 1.29 is 9.53 Å². The summed E-state index contributed by atoms with van der Waals surface area (Å²) in [5.41, 5.74) is 2.73. The monoisotopic (exact) mass is 412 g/mol. The lowest BCUT2D eigenvalue weighted by Gasteiger charge is -2.34. The fraction of sp³-hybridized carbons (Fsp3) is 0.455. The number of amides is 1. The maximum absolute atomic E-state index is 13.0. The van der Waals surface area contributed by atoms with E-state index in [1.165, 1.54) is 16.7 Å². The molecule has 1 aromatic carbocycles. The van der Waals surface area contributed by atoms with Crippen molar-refractivity contribution in [2.75, 3.05) is 40.9 Å². The van der Waals surface area contributed by atoms with Crippen LogP contribution in [0.25, 0.3) is 21.6 Å². The molecule has 0 bridgehead atoms. The van der Waals surface area contributed by atoms with Crippen molar-refractivity contribution in [3.8, 4) is 10.7 Å². The summed E-state index contributed by atoms with van der Waals surface area (Å²) in [6.07, 6.45) is 2.03. The second-order valence-electron chi connectivity index (χ2n) is 7.72. The number of benzene rings is 1. The van der Waals surface area contributed by atoms with Gasteiger partial charge in [-0.25, -0.2) is 4.98 Å². The zero-order valence-electron chi connectivity index (χ0n) is 17.3. The first-order valence-electron chi connectivity index (χ1n) is 10.1. The normalized spacial score (nSPS) is 15.8. The molecule has 0 unspecified atom stereocenters. The number of piperidine rings is 1. The summed E-state index contributed by atoms with van der Waals surface area (Å²) >= 11 is 1.53. The number of rotatable bonds is 6. The van der Waals surface area contributed by atoms with Crippen LogP contribution >= 0.6 is 11.3 Å². The molecule has 1 aliphatic heterocycles. The van der Waals surface area contributed by atoms with Gasteiger partial charge in [0.25, 0.3) is 5.91 Å². The van der Waals surface area contributed by atoms with E-state index in [0.29, 0.717) is 12.3 Å². The van der Waals surface area contributed by atoms with Gasteiger partial charge in [0.2, 0.25) is 0 Å². The Bertz CT molecular complexity index is 988. The molecule has 3 aromatic rings. The number of ether oxygens (including phenoxy) is 1. The van der Waals surface area contributed by atoms with E-state index in [0.717, 1.165) is 48.7 Å². The Morgan fingerprint density at radius 3 is 2.83 bits per heavy atom. The molecule has 1 saturated heterocycles. The fourth-order valence-corrected chi connectivity index (χ4v) is 4.85. The molecule has 154 valence electrons. The lowest BCUT2D eigenvalue weighted by Crippen LogP contribution is -2.44. The van der Waals surface area contributed by atoms with E-state index >= 15 is 0 Å². The van der Waals surface area contributed by atoms with Crippen molar-refractivity contribution in [2.45, 2.75) is 25.4 Å². The minimum atomic E-state index is 0.0154. The minimum Gasteiger partial charge on any atom is -0.383 e. The molecule has 4 rings (SSSR count). The molecule has 0 N–H and O–H groups in total. The van der Waals surface area contributed by atoms with Crippen molar-refractivity contribution in [3.05, 3.63) is 41.4 Å². The molecule has 6 nitrogen and oxygen atoms in total. The Balaban J connectivity index is 1.59. The van der Waals surface area contributed by atoms with E-state index in [1.54, 1.807) is 7.11 Å². The summed E-state index contributed by atoms with van der Waals surface area (Å²) in [5, 5.41) is 3.93. The van der Waals surface area contributed by atoms with Gasteiger partial charge in [0.15, 0.2) is 0 Å². The van der Waals surface area contributed by atoms with Crippen molar-refractivity contribution >= 4 is 28.1 Å². The smallest absolute Gasteiger partial charge is 0.273 e. The Kier molecular flexibility index (Phi) is 5.99. The van der Waals surface area contributed by atoms with Crippen molar-refractivity contribution in [2.24, 2.45) is 0 Å². The standard InChI is InChI=1S/C22H28N4O2S/c1-24-10-8-17(9-11-24)25(2)22(27)18-15-29-21(23-18)20-14-16-6-4-5-7-19(16)26(20)12-13-28-3/h4-7,14-15,17H,8-13H2,1-3H3. The third kappa shape index (κ3) is 4.08. The summed E-state index contributed by atoms with van der Waals surface area (Å²) in [5.74, 6) is 0.0154. The van der Waals surface area contributed by atoms with Crippen LogP contribution in [0.3, 0.4) is 0 Å². The van der Waals surface area contributed by atoms with Crippen LogP contribution in [-0.2, 0) is 11.3 Å². The average Bonchev–Trinajstić information content (AvgIpc) is 3.36. The fourth-order valence-electron chi connectivity index (χ4n) is 4.03. The zero-order chi connectivity index (χ0) is 20.4. The third-order valence-electron chi connectivity index (χ3n) is 5.83. The number of carbonyl (C=O) groups is 1. The number of aromatic nitrogens is 2. The summed E-state index contributed by atoms with van der Waals surface area (Å²) < 4.78 is 7.53. The number of thiazole rings is 1. The van der Waals surface area contributed by atoms with Crippen LogP contribution in [0.15, 0.2) is 35.7 Å². The quantitative estimate of drug-likeness (QED) is 0.621. The van der Waals surface area contributed by atoms with Crippen LogP contribution in [0.2, 0.25) is 0 Å². The molecule has 1 fully saturated rings. The Labute approximate surface area is 175 Å². The number of likely N-dealkylation sites (tertiary alicyclic amines) is 1. The first kappa shape index (κ1) is 20.1. The minimum absolute atomic E-state index is 0.0154. The molecule has 2 aromatic heterocycles. The van der Waals surface area contributed by atoms with Crippen LogP contribution < -0.4 is 0 Å². The van der Waals surface area contributed by atoms with E-state index in [1.807, 2.05) is 29.5 Å². The maximum Gasteiger partial charge on any atom is 0.273 e. The zero-order valence-corrected chi connectivity index (χ0v) is 18.1. The van der Waals surface area contributed by atoms with Crippen molar-refractivity contribution in [3.63, 3.8) is 0 Å². The van der Waals surface area contributed by atoms with Gasteiger partial charge in [0, 0.05) is 43.0 Å². The summed E-state index contributed by atoms with van der Waals surface area (Å²) in [6.45, 7) is 3.44. The third-order valence-corrected chi connectivity index (χ3v) is 6.69. The van der Waals surface area contributed by atoms with Gasteiger partial charge < -0.3 is 19.1 Å². The van der Waals surface area contributed by atoms with Gasteiger partial charge in [-0.2, -0.15) is 0 Å². The van der Waals surface area contributed by atoms with E-state index in [4.69, 9.17) is 9.72 Å². The number of hydrogen-bond donors (Lipinski definition) is 0. The highest BCUT2D eigenvalue weighted by Gasteiger charge is 2.26. The van der Waals surface area contributed by atoms with Gasteiger partial charge in [-0.15, -0.1) is 11.3 Å². The van der Waals surface area contributed by atoms with Crippen LogP contribution in [0.5, 0.6) is 0 Å². The van der Waals surface area contributed by atoms with E-state index in [2.05, 4.69) is 34.7 Å². The highest BCUT2D eigenvalue weighted by Crippen LogP contribution is 2.31. The summed E-state index contributed by atoms with van der Waals surface area (Å²) in [7, 11) is 5.75. The van der Waals surface area contributed by atoms with Crippen molar-refractivity contribution in [1.82, 2.24) is 19.4 Å². The number of hydrogen-bond acceptors (Lipinski definition) is 5. The van der Waals surface area contributed by atoms with E-state index in [9.17, 15) is 4.79 Å². The largest absolute Gasteiger partial charge is 0.383 e.